The van der Waals surface area contributed by atoms with Gasteiger partial charge in [-0.2, -0.15) is 5.26 Å². The highest BCUT2D eigenvalue weighted by Gasteiger charge is 2.39. The Morgan fingerprint density at radius 1 is 1.18 bits per heavy atom. The minimum Gasteiger partial charge on any atom is -0.425 e. The lowest BCUT2D eigenvalue weighted by Crippen LogP contribution is -2.35. The number of nitrogens with zero attached hydrogens (tertiary/aromatic N) is 3. The summed E-state index contributed by atoms with van der Waals surface area (Å²) in [5, 5.41) is 19.8. The van der Waals surface area contributed by atoms with Crippen LogP contribution in [-0.4, -0.2) is 16.2 Å². The molecule has 0 saturated carbocycles. The number of carbonyl (C=O) groups excluding carboxylic acids is 1. The number of unbranched alkanes of at least 4 members (excludes halogenated alkanes) is 4. The van der Waals surface area contributed by atoms with E-state index < -0.39 is 11.4 Å². The van der Waals surface area contributed by atoms with Crippen LogP contribution in [0, 0.1) is 22.7 Å². The first kappa shape index (κ1) is 22.0. The fourth-order valence-electron chi connectivity index (χ4n) is 2.64. The Hall–Kier alpha value is -2.26. The molecule has 2 rings (SSSR count). The molecule has 6 heteroatoms. The van der Waals surface area contributed by atoms with E-state index >= 15 is 0 Å². The standard InChI is InChI=1S/C22H29N3O2S/c1-5-6-7-8-9-10-19-24-25-20(28-19)17-11-13-18(14-12-17)27-21(26)22(4,15-23)16(2)3/h11-14,16H,5-10H2,1-4H3. The molecule has 150 valence electrons. The molecule has 2 aromatic rings. The average Bonchev–Trinajstić information content (AvgIpc) is 3.16. The molecule has 0 bridgehead atoms. The zero-order chi connectivity index (χ0) is 20.6. The second-order valence-corrected chi connectivity index (χ2v) is 8.61. The van der Waals surface area contributed by atoms with Crippen molar-refractivity contribution in [3.63, 3.8) is 0 Å². The molecule has 1 aromatic heterocycles. The second-order valence-electron chi connectivity index (χ2n) is 7.55. The Morgan fingerprint density at radius 2 is 1.86 bits per heavy atom. The fourth-order valence-corrected chi connectivity index (χ4v) is 3.53. The van der Waals surface area contributed by atoms with Gasteiger partial charge in [-0.25, -0.2) is 4.79 Å². The number of aromatic nitrogens is 2. The normalized spacial score (nSPS) is 13.1. The molecule has 0 radical (unpaired) electrons. The first-order valence-corrected chi connectivity index (χ1v) is 10.8. The molecule has 0 saturated heterocycles. The SMILES string of the molecule is CCCCCCCc1nnc(-c2ccc(OC(=O)C(C)(C#N)C(C)C)cc2)s1. The van der Waals surface area contributed by atoms with Gasteiger partial charge in [0.15, 0.2) is 5.41 Å². The van der Waals surface area contributed by atoms with E-state index in [0.29, 0.717) is 5.75 Å². The molecule has 0 N–H and O–H groups in total. The minimum atomic E-state index is -1.16. The summed E-state index contributed by atoms with van der Waals surface area (Å²) in [6, 6.07) is 9.28. The van der Waals surface area contributed by atoms with Gasteiger partial charge in [-0.05, 0) is 43.5 Å². The maximum absolute atomic E-state index is 12.4. The maximum Gasteiger partial charge on any atom is 0.331 e. The van der Waals surface area contributed by atoms with E-state index in [-0.39, 0.29) is 5.92 Å². The summed E-state index contributed by atoms with van der Waals surface area (Å²) < 4.78 is 5.42. The Morgan fingerprint density at radius 3 is 2.46 bits per heavy atom. The predicted octanol–water partition coefficient (Wildman–Crippen LogP) is 5.81. The lowest BCUT2D eigenvalue weighted by molar-refractivity contribution is -0.143. The summed E-state index contributed by atoms with van der Waals surface area (Å²) >= 11 is 1.61. The van der Waals surface area contributed by atoms with Crippen molar-refractivity contribution in [3.05, 3.63) is 29.3 Å². The Kier molecular flexibility index (Phi) is 8.13. The number of aryl methyl sites for hydroxylation is 1. The topological polar surface area (TPSA) is 75.9 Å². The molecular formula is C22H29N3O2S. The smallest absolute Gasteiger partial charge is 0.331 e. The van der Waals surface area contributed by atoms with E-state index in [9.17, 15) is 10.1 Å². The van der Waals surface area contributed by atoms with Crippen LogP contribution < -0.4 is 4.74 Å². The molecule has 0 aliphatic rings. The molecule has 28 heavy (non-hydrogen) atoms. The lowest BCUT2D eigenvalue weighted by atomic mass is 9.81. The van der Waals surface area contributed by atoms with Crippen molar-refractivity contribution in [1.29, 1.82) is 5.26 Å². The number of hydrogen-bond acceptors (Lipinski definition) is 6. The van der Waals surface area contributed by atoms with Crippen LogP contribution in [0.4, 0.5) is 0 Å². The van der Waals surface area contributed by atoms with Crippen molar-refractivity contribution in [3.8, 4) is 22.4 Å². The summed E-state index contributed by atoms with van der Waals surface area (Å²) in [5.74, 6) is -0.235. The zero-order valence-corrected chi connectivity index (χ0v) is 18.0. The second kappa shape index (κ2) is 10.3. The number of esters is 1. The molecule has 0 aliphatic heterocycles. The maximum atomic E-state index is 12.4. The largest absolute Gasteiger partial charge is 0.425 e. The van der Waals surface area contributed by atoms with Crippen molar-refractivity contribution >= 4 is 17.3 Å². The van der Waals surface area contributed by atoms with E-state index in [0.717, 1.165) is 28.4 Å². The number of rotatable bonds is 10. The van der Waals surface area contributed by atoms with Crippen LogP contribution in [0.3, 0.4) is 0 Å². The van der Waals surface area contributed by atoms with Gasteiger partial charge < -0.3 is 4.74 Å². The monoisotopic (exact) mass is 399 g/mol. The van der Waals surface area contributed by atoms with Crippen molar-refractivity contribution in [1.82, 2.24) is 10.2 Å². The van der Waals surface area contributed by atoms with Gasteiger partial charge in [0, 0.05) is 12.0 Å². The molecule has 0 aliphatic carbocycles. The van der Waals surface area contributed by atoms with Crippen LogP contribution in [0.1, 0.15) is 64.8 Å². The number of nitriles is 1. The number of benzene rings is 1. The summed E-state index contributed by atoms with van der Waals surface area (Å²) in [7, 11) is 0. The molecule has 1 heterocycles. The molecule has 1 unspecified atom stereocenters. The highest BCUT2D eigenvalue weighted by Crippen LogP contribution is 2.30. The van der Waals surface area contributed by atoms with E-state index in [1.54, 1.807) is 30.4 Å². The lowest BCUT2D eigenvalue weighted by Gasteiger charge is -2.23. The number of ether oxygens (including phenoxy) is 1. The molecule has 1 aromatic carbocycles. The van der Waals surface area contributed by atoms with E-state index in [1.165, 1.54) is 25.7 Å². The van der Waals surface area contributed by atoms with Gasteiger partial charge in [-0.1, -0.05) is 57.8 Å². The molecule has 0 spiro atoms. The van der Waals surface area contributed by atoms with Crippen molar-refractivity contribution in [2.45, 2.75) is 66.2 Å². The quantitative estimate of drug-likeness (QED) is 0.286. The van der Waals surface area contributed by atoms with Gasteiger partial charge in [-0.15, -0.1) is 10.2 Å². The van der Waals surface area contributed by atoms with Gasteiger partial charge in [0.25, 0.3) is 0 Å². The first-order valence-electron chi connectivity index (χ1n) is 9.97. The van der Waals surface area contributed by atoms with Crippen molar-refractivity contribution in [2.75, 3.05) is 0 Å². The fraction of sp³-hybridized carbons (Fsp3) is 0.545. The molecular weight excluding hydrogens is 370 g/mol. The summed E-state index contributed by atoms with van der Waals surface area (Å²) in [6.45, 7) is 7.50. The van der Waals surface area contributed by atoms with Gasteiger partial charge in [-0.3, -0.25) is 0 Å². The van der Waals surface area contributed by atoms with E-state index in [4.69, 9.17) is 4.74 Å². The van der Waals surface area contributed by atoms with Crippen LogP contribution in [0.2, 0.25) is 0 Å². The summed E-state index contributed by atoms with van der Waals surface area (Å²) in [4.78, 5) is 12.4. The highest BCUT2D eigenvalue weighted by molar-refractivity contribution is 7.14. The Balaban J connectivity index is 1.96. The van der Waals surface area contributed by atoms with Crippen molar-refractivity contribution < 1.29 is 9.53 Å². The molecule has 5 nitrogen and oxygen atoms in total. The third-order valence-electron chi connectivity index (χ3n) is 5.08. The highest BCUT2D eigenvalue weighted by atomic mass is 32.1. The van der Waals surface area contributed by atoms with Gasteiger partial charge >= 0.3 is 5.97 Å². The first-order chi connectivity index (χ1) is 13.4. The number of carbonyl (C=O) groups is 1. The van der Waals surface area contributed by atoms with E-state index in [1.807, 2.05) is 26.0 Å². The van der Waals surface area contributed by atoms with E-state index in [2.05, 4.69) is 23.2 Å². The van der Waals surface area contributed by atoms with Crippen molar-refractivity contribution in [2.24, 2.45) is 11.3 Å². The molecule has 0 fully saturated rings. The zero-order valence-electron chi connectivity index (χ0n) is 17.2. The number of hydrogen-bond donors (Lipinski definition) is 0. The molecule has 0 amide bonds. The van der Waals surface area contributed by atoms with Crippen LogP contribution in [0.5, 0.6) is 5.75 Å². The van der Waals surface area contributed by atoms with Crippen LogP contribution in [0.15, 0.2) is 24.3 Å². The summed E-state index contributed by atoms with van der Waals surface area (Å²) in [5.41, 5.74) is -0.217. The minimum absolute atomic E-state index is 0.133. The van der Waals surface area contributed by atoms with Crippen LogP contribution >= 0.6 is 11.3 Å². The van der Waals surface area contributed by atoms with Gasteiger partial charge in [0.05, 0.1) is 6.07 Å². The third kappa shape index (κ3) is 5.62. The third-order valence-corrected chi connectivity index (χ3v) is 6.12. The predicted molar refractivity (Wildman–Crippen MR) is 112 cm³/mol. The van der Waals surface area contributed by atoms with Crippen LogP contribution in [0.25, 0.3) is 10.6 Å². The Bertz CT molecular complexity index is 808. The van der Waals surface area contributed by atoms with Gasteiger partial charge in [0.1, 0.15) is 15.8 Å². The summed E-state index contributed by atoms with van der Waals surface area (Å²) in [6.07, 6.45) is 7.19. The van der Waals surface area contributed by atoms with Crippen LogP contribution in [-0.2, 0) is 11.2 Å². The van der Waals surface area contributed by atoms with Gasteiger partial charge in [0.2, 0.25) is 0 Å². The Labute approximate surface area is 171 Å². The molecule has 1 atom stereocenters. The average molecular weight is 400 g/mol.